The number of rotatable bonds is 3. The molecule has 0 N–H and O–H groups in total. The monoisotopic (exact) mass is 431 g/mol. The highest BCUT2D eigenvalue weighted by Gasteiger charge is 2.28. The Hall–Kier alpha value is 0.610. The molecule has 0 aromatic carbocycles. The lowest BCUT2D eigenvalue weighted by Gasteiger charge is -2.33. The molecule has 0 bridgehead atoms. The molecule has 0 unspecified atom stereocenters. The van der Waals surface area contributed by atoms with Crippen LogP contribution in [0.4, 0.5) is 0 Å². The van der Waals surface area contributed by atoms with E-state index in [1.54, 1.807) is 4.90 Å². The molecule has 1 aromatic heterocycles. The molecule has 90 valence electrons. The Bertz CT molecular complexity index is 383. The summed E-state index contributed by atoms with van der Waals surface area (Å²) in [5, 5.41) is 0.746. The zero-order valence-electron chi connectivity index (χ0n) is 9.18. The van der Waals surface area contributed by atoms with Crippen LogP contribution in [-0.2, 0) is 0 Å². The SMILES string of the molecule is CN(C(=O)c1cc(Br)c(Br)s1)C(C)(C)CBr. The van der Waals surface area contributed by atoms with Crippen molar-refractivity contribution in [2.24, 2.45) is 0 Å². The number of thiophene rings is 1. The molecule has 0 aliphatic heterocycles. The average molecular weight is 434 g/mol. The van der Waals surface area contributed by atoms with E-state index < -0.39 is 0 Å². The Kier molecular flexibility index (Phi) is 5.04. The van der Waals surface area contributed by atoms with Crippen molar-refractivity contribution in [3.63, 3.8) is 0 Å². The second-order valence-electron chi connectivity index (χ2n) is 4.04. The first-order valence-electron chi connectivity index (χ1n) is 4.58. The third kappa shape index (κ3) is 3.09. The molecule has 0 radical (unpaired) electrons. The smallest absolute Gasteiger partial charge is 0.264 e. The Balaban J connectivity index is 2.94. The van der Waals surface area contributed by atoms with E-state index in [-0.39, 0.29) is 11.4 Å². The zero-order valence-corrected chi connectivity index (χ0v) is 14.8. The molecule has 0 atom stereocenters. The summed E-state index contributed by atoms with van der Waals surface area (Å²) in [5.41, 5.74) is -0.194. The van der Waals surface area contributed by atoms with Gasteiger partial charge in [-0.2, -0.15) is 0 Å². The topological polar surface area (TPSA) is 20.3 Å². The summed E-state index contributed by atoms with van der Waals surface area (Å²) in [7, 11) is 1.82. The van der Waals surface area contributed by atoms with Crippen molar-refractivity contribution in [2.45, 2.75) is 19.4 Å². The van der Waals surface area contributed by atoms with E-state index in [1.165, 1.54) is 11.3 Å². The highest BCUT2D eigenvalue weighted by molar-refractivity contribution is 9.13. The summed E-state index contributed by atoms with van der Waals surface area (Å²) in [4.78, 5) is 14.7. The molecule has 0 spiro atoms. The highest BCUT2D eigenvalue weighted by Crippen LogP contribution is 2.33. The van der Waals surface area contributed by atoms with Crippen molar-refractivity contribution in [3.05, 3.63) is 19.2 Å². The molecule has 16 heavy (non-hydrogen) atoms. The molecule has 0 saturated carbocycles. The molecule has 1 rings (SSSR count). The number of carbonyl (C=O) groups excluding carboxylic acids is 1. The first-order chi connectivity index (χ1) is 7.29. The molecule has 1 heterocycles. The van der Waals surface area contributed by atoms with Gasteiger partial charge in [0.05, 0.1) is 8.66 Å². The van der Waals surface area contributed by atoms with Gasteiger partial charge in [0.1, 0.15) is 0 Å². The predicted octanol–water partition coefficient (Wildman–Crippen LogP) is 4.52. The van der Waals surface area contributed by atoms with Crippen LogP contribution in [0.1, 0.15) is 23.5 Å². The number of hydrogen-bond donors (Lipinski definition) is 0. The number of amides is 1. The lowest BCUT2D eigenvalue weighted by atomic mass is 10.1. The molecule has 0 saturated heterocycles. The van der Waals surface area contributed by atoms with Crippen LogP contribution in [0.25, 0.3) is 0 Å². The Labute approximate surface area is 125 Å². The molecule has 0 aliphatic carbocycles. The van der Waals surface area contributed by atoms with E-state index >= 15 is 0 Å². The zero-order chi connectivity index (χ0) is 12.5. The largest absolute Gasteiger partial charge is 0.335 e. The van der Waals surface area contributed by atoms with E-state index in [1.807, 2.05) is 27.0 Å². The van der Waals surface area contributed by atoms with Gasteiger partial charge in [-0.05, 0) is 51.8 Å². The van der Waals surface area contributed by atoms with Gasteiger partial charge in [-0.1, -0.05) is 15.9 Å². The first kappa shape index (κ1) is 14.7. The fourth-order valence-corrected chi connectivity index (χ4v) is 3.37. The summed E-state index contributed by atoms with van der Waals surface area (Å²) < 4.78 is 1.87. The van der Waals surface area contributed by atoms with Crippen LogP contribution in [0.5, 0.6) is 0 Å². The van der Waals surface area contributed by atoms with Gasteiger partial charge in [-0.15, -0.1) is 11.3 Å². The molecule has 0 fully saturated rings. The number of alkyl halides is 1. The van der Waals surface area contributed by atoms with Crippen LogP contribution >= 0.6 is 59.1 Å². The van der Waals surface area contributed by atoms with Crippen molar-refractivity contribution >= 4 is 65.0 Å². The predicted molar refractivity (Wildman–Crippen MR) is 79.7 cm³/mol. The van der Waals surface area contributed by atoms with Crippen LogP contribution in [0.15, 0.2) is 14.3 Å². The summed E-state index contributed by atoms with van der Waals surface area (Å²) in [5.74, 6) is 0.0425. The van der Waals surface area contributed by atoms with Gasteiger partial charge in [0.2, 0.25) is 0 Å². The van der Waals surface area contributed by atoms with Crippen LogP contribution in [0.3, 0.4) is 0 Å². The fraction of sp³-hybridized carbons (Fsp3) is 0.500. The van der Waals surface area contributed by atoms with Crippen LogP contribution in [-0.4, -0.2) is 28.7 Å². The van der Waals surface area contributed by atoms with Crippen molar-refractivity contribution < 1.29 is 4.79 Å². The van der Waals surface area contributed by atoms with E-state index in [4.69, 9.17) is 0 Å². The number of nitrogens with zero attached hydrogens (tertiary/aromatic N) is 1. The minimum atomic E-state index is -0.194. The third-order valence-corrected chi connectivity index (χ3v) is 7.01. The van der Waals surface area contributed by atoms with Crippen LogP contribution in [0.2, 0.25) is 0 Å². The average Bonchev–Trinajstić information content (AvgIpc) is 2.57. The molecule has 0 aliphatic rings. The molecular weight excluding hydrogens is 422 g/mol. The maximum atomic E-state index is 12.2. The second-order valence-corrected chi connectivity index (χ2v) is 7.83. The maximum Gasteiger partial charge on any atom is 0.264 e. The van der Waals surface area contributed by atoms with E-state index in [2.05, 4.69) is 47.8 Å². The minimum absolute atomic E-state index is 0.0425. The van der Waals surface area contributed by atoms with Gasteiger partial charge in [0.25, 0.3) is 5.91 Å². The van der Waals surface area contributed by atoms with E-state index in [0.717, 1.165) is 18.5 Å². The Morgan fingerprint density at radius 1 is 1.50 bits per heavy atom. The standard InChI is InChI=1S/C10H12Br3NOS/c1-10(2,5-11)14(3)9(15)7-4-6(12)8(13)16-7/h4H,5H2,1-3H3. The summed E-state index contributed by atoms with van der Waals surface area (Å²) >= 11 is 11.6. The third-order valence-electron chi connectivity index (χ3n) is 2.40. The van der Waals surface area contributed by atoms with Gasteiger partial charge >= 0.3 is 0 Å². The number of carbonyl (C=O) groups is 1. The van der Waals surface area contributed by atoms with Crippen LogP contribution < -0.4 is 0 Å². The van der Waals surface area contributed by atoms with Crippen molar-refractivity contribution in [1.29, 1.82) is 0 Å². The first-order valence-corrected chi connectivity index (χ1v) is 8.11. The molecule has 6 heteroatoms. The van der Waals surface area contributed by atoms with E-state index in [0.29, 0.717) is 0 Å². The molecular formula is C10H12Br3NOS. The van der Waals surface area contributed by atoms with Gasteiger partial charge in [-0.25, -0.2) is 0 Å². The van der Waals surface area contributed by atoms with E-state index in [9.17, 15) is 4.79 Å². The number of halogens is 3. The molecule has 2 nitrogen and oxygen atoms in total. The Morgan fingerprint density at radius 3 is 2.44 bits per heavy atom. The normalized spacial score (nSPS) is 11.6. The fourth-order valence-electron chi connectivity index (χ4n) is 0.982. The van der Waals surface area contributed by atoms with Crippen molar-refractivity contribution in [3.8, 4) is 0 Å². The van der Waals surface area contributed by atoms with Crippen molar-refractivity contribution in [2.75, 3.05) is 12.4 Å². The summed E-state index contributed by atoms with van der Waals surface area (Å²) in [6.07, 6.45) is 0. The summed E-state index contributed by atoms with van der Waals surface area (Å²) in [6, 6.07) is 1.85. The minimum Gasteiger partial charge on any atom is -0.335 e. The molecule has 1 aromatic rings. The van der Waals surface area contributed by atoms with Gasteiger partial charge in [-0.3, -0.25) is 4.79 Å². The van der Waals surface area contributed by atoms with Crippen LogP contribution in [0, 0.1) is 0 Å². The maximum absolute atomic E-state index is 12.2. The number of hydrogen-bond acceptors (Lipinski definition) is 2. The quantitative estimate of drug-likeness (QED) is 0.642. The summed E-state index contributed by atoms with van der Waals surface area (Å²) in [6.45, 7) is 4.05. The lowest BCUT2D eigenvalue weighted by Crippen LogP contribution is -2.46. The van der Waals surface area contributed by atoms with Crippen molar-refractivity contribution in [1.82, 2.24) is 4.90 Å². The lowest BCUT2D eigenvalue weighted by molar-refractivity contribution is 0.0668. The Morgan fingerprint density at radius 2 is 2.06 bits per heavy atom. The van der Waals surface area contributed by atoms with Gasteiger partial charge in [0.15, 0.2) is 0 Å². The van der Waals surface area contributed by atoms with Gasteiger partial charge < -0.3 is 4.90 Å². The van der Waals surface area contributed by atoms with Gasteiger partial charge in [0, 0.05) is 22.4 Å². The molecule has 1 amide bonds. The highest BCUT2D eigenvalue weighted by atomic mass is 79.9. The second kappa shape index (κ2) is 5.50.